The first-order chi connectivity index (χ1) is 9.04. The van der Waals surface area contributed by atoms with Crippen molar-refractivity contribution in [2.75, 3.05) is 13.6 Å². The first-order valence-corrected chi connectivity index (χ1v) is 6.30. The van der Waals surface area contributed by atoms with Crippen LogP contribution in [0.5, 0.6) is 0 Å². The van der Waals surface area contributed by atoms with E-state index in [9.17, 15) is 14.3 Å². The zero-order valence-corrected chi connectivity index (χ0v) is 11.2. The Balaban J connectivity index is 2.61. The average molecular weight is 282 g/mol. The molecule has 0 saturated carbocycles. The Morgan fingerprint density at radius 3 is 2.58 bits per heavy atom. The van der Waals surface area contributed by atoms with Crippen LogP contribution in [0.15, 0.2) is 23.5 Å². The van der Waals surface area contributed by atoms with Crippen molar-refractivity contribution in [2.45, 2.75) is 13.1 Å². The monoisotopic (exact) mass is 282 g/mol. The number of quaternary nitrogens is 1. The maximum absolute atomic E-state index is 11.2. The van der Waals surface area contributed by atoms with Crippen molar-refractivity contribution < 1.29 is 13.6 Å². The second-order valence-electron chi connectivity index (χ2n) is 4.17. The van der Waals surface area contributed by atoms with Gasteiger partial charge in [-0.3, -0.25) is 10.1 Å². The summed E-state index contributed by atoms with van der Waals surface area (Å²) in [5.41, 5.74) is 0. The van der Waals surface area contributed by atoms with E-state index in [0.29, 0.717) is 18.2 Å². The minimum atomic E-state index is -1.19. The zero-order valence-electron chi connectivity index (χ0n) is 10.4. The Kier molecular flexibility index (Phi) is 3.49. The van der Waals surface area contributed by atoms with Gasteiger partial charge in [0.15, 0.2) is 0 Å². The molecular formula is C10H12N5O3S+. The summed E-state index contributed by atoms with van der Waals surface area (Å²) in [5.74, 6) is 0.658. The molecule has 1 aliphatic rings. The first-order valence-electron chi connectivity index (χ1n) is 5.56. The van der Waals surface area contributed by atoms with Gasteiger partial charge in [0.1, 0.15) is 11.3 Å². The maximum Gasteiger partial charge on any atom is 0.398 e. The Morgan fingerprint density at radius 2 is 2.11 bits per heavy atom. The number of likely N-dealkylation sites (N-methyl/N-ethyl adjacent to an activating group) is 1. The van der Waals surface area contributed by atoms with Crippen LogP contribution in [0.25, 0.3) is 0 Å². The quantitative estimate of drug-likeness (QED) is 0.326. The standard InChI is InChI=1S/C10H12N5O3S/c1-3-15(2)8(7-11-5-4-6-12-7)13-9(19-18)10(15)14(16)17/h4-6,10H,3H2,1-2H3/q+1. The maximum atomic E-state index is 11.2. The SMILES string of the molecule is CC[N+]1(C)C(c2ncccn2)=NC(=S=O)C1[N+](=O)[O-]. The molecule has 2 unspecified atom stereocenters. The van der Waals surface area contributed by atoms with Gasteiger partial charge in [0.05, 0.1) is 18.5 Å². The summed E-state index contributed by atoms with van der Waals surface area (Å²) in [6, 6.07) is 1.65. The third kappa shape index (κ3) is 2.06. The molecule has 1 aromatic heterocycles. The fourth-order valence-electron chi connectivity index (χ4n) is 2.01. The van der Waals surface area contributed by atoms with Gasteiger partial charge in [-0.05, 0) is 13.0 Å². The smallest absolute Gasteiger partial charge is 0.259 e. The molecule has 1 aliphatic heterocycles. The molecule has 0 N–H and O–H groups in total. The Bertz CT molecular complexity index is 598. The molecule has 0 spiro atoms. The van der Waals surface area contributed by atoms with Crippen molar-refractivity contribution >= 4 is 22.1 Å². The fourth-order valence-corrected chi connectivity index (χ4v) is 2.54. The van der Waals surface area contributed by atoms with E-state index in [1.807, 2.05) is 0 Å². The van der Waals surface area contributed by atoms with Gasteiger partial charge < -0.3 is 0 Å². The van der Waals surface area contributed by atoms with E-state index in [0.717, 1.165) is 0 Å². The van der Waals surface area contributed by atoms with E-state index in [1.54, 1.807) is 20.0 Å². The van der Waals surface area contributed by atoms with Crippen molar-refractivity contribution in [2.24, 2.45) is 4.99 Å². The third-order valence-corrected chi connectivity index (χ3v) is 3.64. The molecule has 0 aromatic carbocycles. The molecule has 2 rings (SSSR count). The predicted octanol–water partition coefficient (Wildman–Crippen LogP) is -0.351. The summed E-state index contributed by atoms with van der Waals surface area (Å²) in [4.78, 5) is 22.9. The van der Waals surface area contributed by atoms with Gasteiger partial charge >= 0.3 is 6.17 Å². The van der Waals surface area contributed by atoms with E-state index < -0.39 is 11.1 Å². The molecule has 8 nitrogen and oxygen atoms in total. The van der Waals surface area contributed by atoms with Crippen LogP contribution in [0.2, 0.25) is 0 Å². The number of rotatable bonds is 3. The van der Waals surface area contributed by atoms with Crippen LogP contribution in [0, 0.1) is 10.1 Å². The molecule has 100 valence electrons. The van der Waals surface area contributed by atoms with Crippen LogP contribution in [-0.4, -0.2) is 54.2 Å². The van der Waals surface area contributed by atoms with Crippen molar-refractivity contribution in [3.63, 3.8) is 0 Å². The molecule has 1 aromatic rings. The average Bonchev–Trinajstić information content (AvgIpc) is 2.73. The topological polar surface area (TPSA) is 98.3 Å². The lowest BCUT2D eigenvalue weighted by molar-refractivity contribution is -0.921. The molecule has 0 bridgehead atoms. The van der Waals surface area contributed by atoms with E-state index in [4.69, 9.17) is 0 Å². The lowest BCUT2D eigenvalue weighted by Crippen LogP contribution is -2.58. The van der Waals surface area contributed by atoms with Crippen molar-refractivity contribution in [3.05, 3.63) is 34.4 Å². The van der Waals surface area contributed by atoms with Crippen LogP contribution in [0.1, 0.15) is 12.7 Å². The van der Waals surface area contributed by atoms with Crippen molar-refractivity contribution in [3.8, 4) is 0 Å². The van der Waals surface area contributed by atoms with Crippen LogP contribution in [0.4, 0.5) is 0 Å². The van der Waals surface area contributed by atoms with Gasteiger partial charge in [-0.25, -0.2) is 18.7 Å². The molecule has 9 heteroatoms. The molecule has 0 saturated heterocycles. The van der Waals surface area contributed by atoms with E-state index in [-0.39, 0.29) is 20.7 Å². The van der Waals surface area contributed by atoms with Crippen molar-refractivity contribution in [1.82, 2.24) is 9.97 Å². The number of aliphatic imine (C=N–C) groups is 1. The minimum absolute atomic E-state index is 0.0512. The fraction of sp³-hybridized carbons (Fsp3) is 0.400. The van der Waals surface area contributed by atoms with Gasteiger partial charge in [0.2, 0.25) is 5.82 Å². The first kappa shape index (κ1) is 13.4. The molecule has 0 fully saturated rings. The largest absolute Gasteiger partial charge is 0.398 e. The van der Waals surface area contributed by atoms with E-state index in [1.165, 1.54) is 12.4 Å². The third-order valence-electron chi connectivity index (χ3n) is 3.17. The highest BCUT2D eigenvalue weighted by molar-refractivity contribution is 7.66. The molecule has 19 heavy (non-hydrogen) atoms. The minimum Gasteiger partial charge on any atom is -0.259 e. The van der Waals surface area contributed by atoms with Crippen molar-refractivity contribution in [1.29, 1.82) is 0 Å². The summed E-state index contributed by atoms with van der Waals surface area (Å²) in [6.45, 7) is 2.21. The highest BCUT2D eigenvalue weighted by Crippen LogP contribution is 2.24. The summed E-state index contributed by atoms with van der Waals surface area (Å²) in [5, 5.41) is 11.2. The highest BCUT2D eigenvalue weighted by Gasteiger charge is 2.56. The molecule has 2 atom stereocenters. The Hall–Kier alpha value is -2.00. The summed E-state index contributed by atoms with van der Waals surface area (Å²) in [6.07, 6.45) is 1.88. The van der Waals surface area contributed by atoms with Gasteiger partial charge in [-0.1, -0.05) is 0 Å². The predicted molar refractivity (Wildman–Crippen MR) is 69.2 cm³/mol. The lowest BCUT2D eigenvalue weighted by atomic mass is 10.3. The molecule has 0 aliphatic carbocycles. The number of hydrogen-bond donors (Lipinski definition) is 0. The van der Waals surface area contributed by atoms with Gasteiger partial charge in [0.25, 0.3) is 10.8 Å². The van der Waals surface area contributed by atoms with Crippen LogP contribution in [-0.2, 0) is 11.3 Å². The number of nitro groups is 1. The number of nitrogens with zero attached hydrogens (tertiary/aromatic N) is 5. The molecule has 0 amide bonds. The van der Waals surface area contributed by atoms with E-state index in [2.05, 4.69) is 15.0 Å². The van der Waals surface area contributed by atoms with Gasteiger partial charge in [-0.15, -0.1) is 0 Å². The van der Waals surface area contributed by atoms with Gasteiger partial charge in [0, 0.05) is 12.4 Å². The second-order valence-corrected chi connectivity index (χ2v) is 4.76. The second kappa shape index (κ2) is 4.94. The van der Waals surface area contributed by atoms with Crippen LogP contribution < -0.4 is 0 Å². The summed E-state index contributed by atoms with van der Waals surface area (Å²) >= 11 is 0.0512. The normalized spacial score (nSPS) is 26.1. The summed E-state index contributed by atoms with van der Waals surface area (Å²) in [7, 11) is 1.66. The van der Waals surface area contributed by atoms with E-state index >= 15 is 0 Å². The number of hydrogen-bond acceptors (Lipinski definition) is 5. The number of amidine groups is 1. The lowest BCUT2D eigenvalue weighted by Gasteiger charge is -2.28. The molecular weight excluding hydrogens is 270 g/mol. The highest BCUT2D eigenvalue weighted by atomic mass is 32.1. The van der Waals surface area contributed by atoms with Gasteiger partial charge in [-0.2, -0.15) is 4.99 Å². The Morgan fingerprint density at radius 1 is 1.47 bits per heavy atom. The zero-order chi connectivity index (χ0) is 14.0. The summed E-state index contributed by atoms with van der Waals surface area (Å²) < 4.78 is 10.9. The number of aromatic nitrogens is 2. The molecule has 2 heterocycles. The van der Waals surface area contributed by atoms with Crippen LogP contribution in [0.3, 0.4) is 0 Å². The molecule has 0 radical (unpaired) electrons. The van der Waals surface area contributed by atoms with Crippen LogP contribution >= 0.6 is 0 Å². The Labute approximate surface area is 112 Å².